The molecule has 0 aromatic heterocycles. The Balaban J connectivity index is 2.44. The standard InChI is InChI=1S/C16H17NO2S/c1-9-4-5-10(2)14(6-9)20-12-7-11(3)15(17)13(8-12)16(18)19/h4-8H,17H2,1-3H3,(H,18,19). The maximum absolute atomic E-state index is 11.2. The number of carboxylic acid groups (broad SMARTS) is 1. The third-order valence-corrected chi connectivity index (χ3v) is 4.29. The van der Waals surface area contributed by atoms with E-state index in [-0.39, 0.29) is 5.56 Å². The number of rotatable bonds is 3. The van der Waals surface area contributed by atoms with Gasteiger partial charge in [0.15, 0.2) is 0 Å². The lowest BCUT2D eigenvalue weighted by Gasteiger charge is -2.11. The van der Waals surface area contributed by atoms with Gasteiger partial charge in [0.25, 0.3) is 0 Å². The van der Waals surface area contributed by atoms with Gasteiger partial charge in [-0.25, -0.2) is 4.79 Å². The monoisotopic (exact) mass is 287 g/mol. The molecule has 0 saturated carbocycles. The SMILES string of the molecule is Cc1ccc(C)c(Sc2cc(C)c(N)c(C(=O)O)c2)c1. The highest BCUT2D eigenvalue weighted by Crippen LogP contribution is 2.34. The molecule has 0 radical (unpaired) electrons. The zero-order valence-electron chi connectivity index (χ0n) is 11.7. The van der Waals surface area contributed by atoms with Crippen LogP contribution in [0.2, 0.25) is 0 Å². The van der Waals surface area contributed by atoms with Crippen molar-refractivity contribution in [3.05, 3.63) is 52.6 Å². The highest BCUT2D eigenvalue weighted by Gasteiger charge is 2.13. The zero-order valence-corrected chi connectivity index (χ0v) is 12.5. The molecular weight excluding hydrogens is 270 g/mol. The number of anilines is 1. The second-order valence-electron chi connectivity index (χ2n) is 4.88. The van der Waals surface area contributed by atoms with Crippen molar-refractivity contribution in [3.8, 4) is 0 Å². The molecule has 0 heterocycles. The van der Waals surface area contributed by atoms with Crippen LogP contribution in [0.4, 0.5) is 5.69 Å². The molecule has 4 heteroatoms. The predicted octanol–water partition coefficient (Wildman–Crippen LogP) is 4.04. The van der Waals surface area contributed by atoms with Crippen molar-refractivity contribution in [1.29, 1.82) is 0 Å². The number of carboxylic acids is 1. The molecule has 0 aliphatic rings. The third-order valence-electron chi connectivity index (χ3n) is 3.16. The van der Waals surface area contributed by atoms with E-state index in [2.05, 4.69) is 18.2 Å². The van der Waals surface area contributed by atoms with Gasteiger partial charge in [0.05, 0.1) is 5.56 Å². The van der Waals surface area contributed by atoms with E-state index in [1.807, 2.05) is 26.8 Å². The molecule has 0 fully saturated rings. The summed E-state index contributed by atoms with van der Waals surface area (Å²) >= 11 is 1.56. The average Bonchev–Trinajstić information content (AvgIpc) is 2.37. The van der Waals surface area contributed by atoms with Crippen molar-refractivity contribution in [2.45, 2.75) is 30.6 Å². The number of benzene rings is 2. The first-order valence-corrected chi connectivity index (χ1v) is 7.08. The van der Waals surface area contributed by atoms with Crippen LogP contribution in [0.15, 0.2) is 40.1 Å². The van der Waals surface area contributed by atoms with Crippen molar-refractivity contribution in [1.82, 2.24) is 0 Å². The number of nitrogen functional groups attached to an aromatic ring is 1. The first kappa shape index (κ1) is 14.5. The van der Waals surface area contributed by atoms with Crippen LogP contribution < -0.4 is 5.73 Å². The summed E-state index contributed by atoms with van der Waals surface area (Å²) in [6, 6.07) is 9.80. The van der Waals surface area contributed by atoms with E-state index in [0.717, 1.165) is 15.4 Å². The molecule has 3 nitrogen and oxygen atoms in total. The Kier molecular flexibility index (Phi) is 4.04. The van der Waals surface area contributed by atoms with Gasteiger partial charge in [-0.15, -0.1) is 0 Å². The molecule has 2 aromatic rings. The Morgan fingerprint density at radius 1 is 1.10 bits per heavy atom. The van der Waals surface area contributed by atoms with Crippen LogP contribution >= 0.6 is 11.8 Å². The van der Waals surface area contributed by atoms with Crippen LogP contribution in [-0.4, -0.2) is 11.1 Å². The van der Waals surface area contributed by atoms with Crippen LogP contribution in [0.5, 0.6) is 0 Å². The fraction of sp³-hybridized carbons (Fsp3) is 0.188. The number of aryl methyl sites for hydroxylation is 3. The molecule has 0 atom stereocenters. The highest BCUT2D eigenvalue weighted by molar-refractivity contribution is 7.99. The van der Waals surface area contributed by atoms with Gasteiger partial charge in [0.1, 0.15) is 0 Å². The van der Waals surface area contributed by atoms with Crippen LogP contribution in [0, 0.1) is 20.8 Å². The zero-order chi connectivity index (χ0) is 14.9. The lowest BCUT2D eigenvalue weighted by molar-refractivity contribution is 0.0697. The van der Waals surface area contributed by atoms with Crippen molar-refractivity contribution >= 4 is 23.4 Å². The molecule has 0 unspecified atom stereocenters. The van der Waals surface area contributed by atoms with Crippen LogP contribution in [0.1, 0.15) is 27.0 Å². The van der Waals surface area contributed by atoms with Crippen molar-refractivity contribution in [2.75, 3.05) is 5.73 Å². The lowest BCUT2D eigenvalue weighted by Crippen LogP contribution is -2.04. The van der Waals surface area contributed by atoms with Crippen LogP contribution in [-0.2, 0) is 0 Å². The summed E-state index contributed by atoms with van der Waals surface area (Å²) < 4.78 is 0. The number of carbonyl (C=O) groups is 1. The van der Waals surface area contributed by atoms with E-state index >= 15 is 0 Å². The fourth-order valence-corrected chi connectivity index (χ4v) is 3.09. The Morgan fingerprint density at radius 3 is 2.45 bits per heavy atom. The highest BCUT2D eigenvalue weighted by atomic mass is 32.2. The second-order valence-corrected chi connectivity index (χ2v) is 5.99. The van der Waals surface area contributed by atoms with Gasteiger partial charge in [0.2, 0.25) is 0 Å². The van der Waals surface area contributed by atoms with E-state index in [1.165, 1.54) is 11.1 Å². The summed E-state index contributed by atoms with van der Waals surface area (Å²) in [6.45, 7) is 5.92. The lowest BCUT2D eigenvalue weighted by atomic mass is 10.1. The van der Waals surface area contributed by atoms with Gasteiger partial charge in [-0.3, -0.25) is 0 Å². The Bertz CT molecular complexity index is 680. The topological polar surface area (TPSA) is 63.3 Å². The first-order valence-electron chi connectivity index (χ1n) is 6.27. The Hall–Kier alpha value is -1.94. The van der Waals surface area contributed by atoms with E-state index in [4.69, 9.17) is 5.73 Å². The molecule has 3 N–H and O–H groups in total. The van der Waals surface area contributed by atoms with Gasteiger partial charge in [-0.05, 0) is 55.7 Å². The normalized spacial score (nSPS) is 10.6. The Labute approximate surface area is 122 Å². The maximum atomic E-state index is 11.2. The van der Waals surface area contributed by atoms with E-state index in [1.54, 1.807) is 17.8 Å². The number of aromatic carboxylic acids is 1. The van der Waals surface area contributed by atoms with Crippen LogP contribution in [0.3, 0.4) is 0 Å². The quantitative estimate of drug-likeness (QED) is 0.836. The number of hydrogen-bond acceptors (Lipinski definition) is 3. The van der Waals surface area contributed by atoms with Crippen LogP contribution in [0.25, 0.3) is 0 Å². The molecule has 2 rings (SSSR count). The summed E-state index contributed by atoms with van der Waals surface area (Å²) in [4.78, 5) is 13.2. The molecule has 0 spiro atoms. The molecular formula is C16H17NO2S. The van der Waals surface area contributed by atoms with Gasteiger partial charge >= 0.3 is 5.97 Å². The van der Waals surface area contributed by atoms with Crippen molar-refractivity contribution in [3.63, 3.8) is 0 Å². The number of hydrogen-bond donors (Lipinski definition) is 2. The molecule has 20 heavy (non-hydrogen) atoms. The molecule has 0 aliphatic carbocycles. The summed E-state index contributed by atoms with van der Waals surface area (Å²) in [6.07, 6.45) is 0. The minimum Gasteiger partial charge on any atom is -0.478 e. The van der Waals surface area contributed by atoms with Crippen molar-refractivity contribution < 1.29 is 9.90 Å². The molecule has 104 valence electrons. The first-order chi connectivity index (χ1) is 9.38. The minimum atomic E-state index is -0.992. The largest absolute Gasteiger partial charge is 0.478 e. The molecule has 0 saturated heterocycles. The molecule has 2 aromatic carbocycles. The number of nitrogens with two attached hydrogens (primary N) is 1. The molecule has 0 aliphatic heterocycles. The maximum Gasteiger partial charge on any atom is 0.337 e. The molecule has 0 amide bonds. The fourth-order valence-electron chi connectivity index (χ4n) is 1.95. The second kappa shape index (κ2) is 5.59. The average molecular weight is 287 g/mol. The summed E-state index contributed by atoms with van der Waals surface area (Å²) in [5.74, 6) is -0.992. The molecule has 0 bridgehead atoms. The Morgan fingerprint density at radius 2 is 1.80 bits per heavy atom. The summed E-state index contributed by atoms with van der Waals surface area (Å²) in [5, 5.41) is 9.19. The smallest absolute Gasteiger partial charge is 0.337 e. The van der Waals surface area contributed by atoms with E-state index < -0.39 is 5.97 Å². The van der Waals surface area contributed by atoms with Gasteiger partial charge in [0, 0.05) is 15.5 Å². The van der Waals surface area contributed by atoms with Gasteiger partial charge in [-0.1, -0.05) is 23.9 Å². The van der Waals surface area contributed by atoms with Gasteiger partial charge < -0.3 is 10.8 Å². The van der Waals surface area contributed by atoms with E-state index in [0.29, 0.717) is 5.69 Å². The van der Waals surface area contributed by atoms with E-state index in [9.17, 15) is 9.90 Å². The van der Waals surface area contributed by atoms with Gasteiger partial charge in [-0.2, -0.15) is 0 Å². The van der Waals surface area contributed by atoms with Crippen molar-refractivity contribution in [2.24, 2.45) is 0 Å². The summed E-state index contributed by atoms with van der Waals surface area (Å²) in [5.41, 5.74) is 9.46. The summed E-state index contributed by atoms with van der Waals surface area (Å²) in [7, 11) is 0. The predicted molar refractivity (Wildman–Crippen MR) is 82.6 cm³/mol. The minimum absolute atomic E-state index is 0.165. The third kappa shape index (κ3) is 2.96.